The van der Waals surface area contributed by atoms with E-state index in [-0.39, 0.29) is 5.92 Å². The number of rotatable bonds is 7. The lowest BCUT2D eigenvalue weighted by molar-refractivity contribution is -0.149. The predicted octanol–water partition coefficient (Wildman–Crippen LogP) is 3.36. The maximum absolute atomic E-state index is 12.0. The summed E-state index contributed by atoms with van der Waals surface area (Å²) < 4.78 is 11.4. The van der Waals surface area contributed by atoms with Gasteiger partial charge in [0.05, 0.1) is 18.2 Å². The summed E-state index contributed by atoms with van der Waals surface area (Å²) in [6.07, 6.45) is 4.55. The van der Waals surface area contributed by atoms with Gasteiger partial charge in [0, 0.05) is 31.4 Å². The van der Waals surface area contributed by atoms with Crippen LogP contribution in [0.15, 0.2) is 42.6 Å². The van der Waals surface area contributed by atoms with Gasteiger partial charge in [-0.1, -0.05) is 12.5 Å². The SMILES string of the molecule is COc1ccc(OCc2ccccn2)c(CN2C[C@@H]3CCC[C@@]3(C(=O)O)C2)c1. The summed E-state index contributed by atoms with van der Waals surface area (Å²) in [5.41, 5.74) is 1.30. The minimum atomic E-state index is -0.644. The number of carbonyl (C=O) groups is 1. The molecule has 1 aliphatic heterocycles. The van der Waals surface area contributed by atoms with Crippen LogP contribution in [0.2, 0.25) is 0 Å². The van der Waals surface area contributed by atoms with Gasteiger partial charge in [-0.15, -0.1) is 0 Å². The summed E-state index contributed by atoms with van der Waals surface area (Å²) >= 11 is 0. The highest BCUT2D eigenvalue weighted by molar-refractivity contribution is 5.76. The van der Waals surface area contributed by atoms with Crippen LogP contribution < -0.4 is 9.47 Å². The minimum Gasteiger partial charge on any atom is -0.497 e. The van der Waals surface area contributed by atoms with E-state index in [1.54, 1.807) is 13.3 Å². The van der Waals surface area contributed by atoms with Crippen LogP contribution in [-0.2, 0) is 17.9 Å². The smallest absolute Gasteiger partial charge is 0.311 e. The second-order valence-corrected chi connectivity index (χ2v) is 7.80. The van der Waals surface area contributed by atoms with Crippen molar-refractivity contribution in [3.05, 3.63) is 53.9 Å². The Balaban J connectivity index is 1.51. The average Bonchev–Trinajstić information content (AvgIpc) is 3.26. The van der Waals surface area contributed by atoms with Gasteiger partial charge in [-0.3, -0.25) is 14.7 Å². The Morgan fingerprint density at radius 1 is 1.36 bits per heavy atom. The number of aliphatic carboxylic acids is 1. The first-order valence-corrected chi connectivity index (χ1v) is 9.76. The molecular weight excluding hydrogens is 356 g/mol. The molecule has 0 spiro atoms. The van der Waals surface area contributed by atoms with Crippen LogP contribution >= 0.6 is 0 Å². The molecule has 1 aromatic carbocycles. The number of aromatic nitrogens is 1. The molecule has 148 valence electrons. The third kappa shape index (κ3) is 3.56. The molecule has 2 heterocycles. The highest BCUT2D eigenvalue weighted by Gasteiger charge is 2.54. The van der Waals surface area contributed by atoms with Crippen molar-refractivity contribution in [3.8, 4) is 11.5 Å². The van der Waals surface area contributed by atoms with E-state index in [1.807, 2.05) is 36.4 Å². The summed E-state index contributed by atoms with van der Waals surface area (Å²) in [5.74, 6) is 1.16. The molecule has 6 nitrogen and oxygen atoms in total. The van der Waals surface area contributed by atoms with E-state index in [0.717, 1.165) is 48.6 Å². The lowest BCUT2D eigenvalue weighted by Gasteiger charge is -2.24. The fourth-order valence-corrected chi connectivity index (χ4v) is 4.69. The third-order valence-corrected chi connectivity index (χ3v) is 6.13. The largest absolute Gasteiger partial charge is 0.497 e. The molecule has 1 aliphatic carbocycles. The summed E-state index contributed by atoms with van der Waals surface area (Å²) in [7, 11) is 1.65. The molecule has 28 heavy (non-hydrogen) atoms. The molecule has 1 N–H and O–H groups in total. The first-order chi connectivity index (χ1) is 13.6. The van der Waals surface area contributed by atoms with Gasteiger partial charge in [0.25, 0.3) is 0 Å². The summed E-state index contributed by atoms with van der Waals surface area (Å²) in [6, 6.07) is 11.5. The fraction of sp³-hybridized carbons (Fsp3) is 0.455. The Morgan fingerprint density at radius 3 is 2.96 bits per heavy atom. The van der Waals surface area contributed by atoms with Gasteiger partial charge in [-0.25, -0.2) is 0 Å². The molecule has 0 radical (unpaired) electrons. The maximum Gasteiger partial charge on any atom is 0.311 e. The molecule has 0 amide bonds. The Bertz CT molecular complexity index is 842. The van der Waals surface area contributed by atoms with Crippen molar-refractivity contribution < 1.29 is 19.4 Å². The standard InChI is InChI=1S/C22H26N2O4/c1-27-19-7-8-20(28-14-18-6-2-3-10-23-18)16(11-19)12-24-13-17-5-4-9-22(17,15-24)21(25)26/h2-3,6-8,10-11,17H,4-5,9,12-15H2,1H3,(H,25,26)/t17-,22+/m0/s1. The lowest BCUT2D eigenvalue weighted by Crippen LogP contribution is -2.35. The van der Waals surface area contributed by atoms with Crippen LogP contribution in [0.1, 0.15) is 30.5 Å². The van der Waals surface area contributed by atoms with Gasteiger partial charge in [0.15, 0.2) is 0 Å². The zero-order chi connectivity index (χ0) is 19.6. The van der Waals surface area contributed by atoms with Gasteiger partial charge in [-0.05, 0) is 49.1 Å². The second-order valence-electron chi connectivity index (χ2n) is 7.80. The molecule has 1 saturated carbocycles. The quantitative estimate of drug-likeness (QED) is 0.792. The van der Waals surface area contributed by atoms with E-state index in [9.17, 15) is 9.90 Å². The number of nitrogens with zero attached hydrogens (tertiary/aromatic N) is 2. The predicted molar refractivity (Wildman–Crippen MR) is 104 cm³/mol. The van der Waals surface area contributed by atoms with Crippen molar-refractivity contribution in [1.29, 1.82) is 0 Å². The molecular formula is C22H26N2O4. The Hall–Kier alpha value is -2.60. The number of fused-ring (bicyclic) bond motifs is 1. The summed E-state index contributed by atoms with van der Waals surface area (Å²) in [6.45, 7) is 2.47. The zero-order valence-electron chi connectivity index (χ0n) is 16.1. The topological polar surface area (TPSA) is 71.9 Å². The third-order valence-electron chi connectivity index (χ3n) is 6.13. The van der Waals surface area contributed by atoms with Gasteiger partial charge >= 0.3 is 5.97 Å². The van der Waals surface area contributed by atoms with E-state index >= 15 is 0 Å². The Morgan fingerprint density at radius 2 is 2.25 bits per heavy atom. The molecule has 0 unspecified atom stereocenters. The highest BCUT2D eigenvalue weighted by Crippen LogP contribution is 2.49. The van der Waals surface area contributed by atoms with E-state index in [1.165, 1.54) is 0 Å². The molecule has 2 aromatic rings. The molecule has 0 bridgehead atoms. The summed E-state index contributed by atoms with van der Waals surface area (Å²) in [5, 5.41) is 9.83. The minimum absolute atomic E-state index is 0.244. The lowest BCUT2D eigenvalue weighted by atomic mass is 9.81. The van der Waals surface area contributed by atoms with Crippen molar-refractivity contribution in [2.45, 2.75) is 32.4 Å². The number of hydrogen-bond donors (Lipinski definition) is 1. The molecule has 2 aliphatic rings. The van der Waals surface area contributed by atoms with Crippen LogP contribution in [0.5, 0.6) is 11.5 Å². The van der Waals surface area contributed by atoms with E-state index in [4.69, 9.17) is 9.47 Å². The van der Waals surface area contributed by atoms with E-state index in [0.29, 0.717) is 19.7 Å². The van der Waals surface area contributed by atoms with Crippen molar-refractivity contribution >= 4 is 5.97 Å². The molecule has 1 saturated heterocycles. The maximum atomic E-state index is 12.0. The van der Waals surface area contributed by atoms with Crippen LogP contribution in [0.25, 0.3) is 0 Å². The number of likely N-dealkylation sites (tertiary alicyclic amines) is 1. The molecule has 6 heteroatoms. The second kappa shape index (κ2) is 7.80. The normalized spacial score (nSPS) is 24.1. The fourth-order valence-electron chi connectivity index (χ4n) is 4.69. The average molecular weight is 382 g/mol. The van der Waals surface area contributed by atoms with Gasteiger partial charge in [-0.2, -0.15) is 0 Å². The van der Waals surface area contributed by atoms with Gasteiger partial charge in [0.1, 0.15) is 18.1 Å². The van der Waals surface area contributed by atoms with Crippen molar-refractivity contribution in [3.63, 3.8) is 0 Å². The number of methoxy groups -OCH3 is 1. The number of ether oxygens (including phenoxy) is 2. The molecule has 4 rings (SSSR count). The number of pyridine rings is 1. The van der Waals surface area contributed by atoms with Crippen molar-refractivity contribution in [2.24, 2.45) is 11.3 Å². The van der Waals surface area contributed by atoms with Crippen LogP contribution in [0, 0.1) is 11.3 Å². The first kappa shape index (κ1) is 18.7. The number of carboxylic acids is 1. The van der Waals surface area contributed by atoms with Crippen LogP contribution in [-0.4, -0.2) is 41.2 Å². The number of hydrogen-bond acceptors (Lipinski definition) is 5. The van der Waals surface area contributed by atoms with E-state index in [2.05, 4.69) is 9.88 Å². The van der Waals surface area contributed by atoms with Crippen molar-refractivity contribution in [1.82, 2.24) is 9.88 Å². The molecule has 2 fully saturated rings. The number of benzene rings is 1. The molecule has 1 aromatic heterocycles. The van der Waals surface area contributed by atoms with Crippen LogP contribution in [0.3, 0.4) is 0 Å². The summed E-state index contributed by atoms with van der Waals surface area (Å²) in [4.78, 5) is 18.5. The molecule has 2 atom stereocenters. The van der Waals surface area contributed by atoms with Crippen LogP contribution in [0.4, 0.5) is 0 Å². The van der Waals surface area contributed by atoms with E-state index < -0.39 is 11.4 Å². The van der Waals surface area contributed by atoms with Gasteiger partial charge < -0.3 is 14.6 Å². The number of carboxylic acid groups (broad SMARTS) is 1. The monoisotopic (exact) mass is 382 g/mol. The Labute approximate surface area is 165 Å². The first-order valence-electron chi connectivity index (χ1n) is 9.76. The van der Waals surface area contributed by atoms with Crippen molar-refractivity contribution in [2.75, 3.05) is 20.2 Å². The Kier molecular flexibility index (Phi) is 5.22. The zero-order valence-corrected chi connectivity index (χ0v) is 16.1. The van der Waals surface area contributed by atoms with Gasteiger partial charge in [0.2, 0.25) is 0 Å². The highest BCUT2D eigenvalue weighted by atomic mass is 16.5.